The number of nitrogens with zero attached hydrogens (tertiary/aromatic N) is 4. The van der Waals surface area contributed by atoms with Crippen LogP contribution in [0.25, 0.3) is 10.9 Å². The van der Waals surface area contributed by atoms with Gasteiger partial charge in [0.15, 0.2) is 0 Å². The minimum absolute atomic E-state index is 0.0602. The summed E-state index contributed by atoms with van der Waals surface area (Å²) < 4.78 is 3.28. The van der Waals surface area contributed by atoms with Gasteiger partial charge < -0.3 is 25.3 Å². The van der Waals surface area contributed by atoms with Crippen molar-refractivity contribution in [2.24, 2.45) is 25.7 Å². The molecule has 0 aliphatic heterocycles. The number of hydrogen-bond donors (Lipinski definition) is 3. The first-order valence-electron chi connectivity index (χ1n) is 11.5. The molecule has 3 aromatic rings. The number of carboxylic acids is 1. The van der Waals surface area contributed by atoms with Crippen LogP contribution in [-0.4, -0.2) is 43.1 Å². The third-order valence-corrected chi connectivity index (χ3v) is 7.06. The third kappa shape index (κ3) is 4.03. The van der Waals surface area contributed by atoms with E-state index in [1.54, 1.807) is 48.4 Å². The minimum atomic E-state index is -1.53. The van der Waals surface area contributed by atoms with Crippen molar-refractivity contribution in [2.75, 3.05) is 0 Å². The molecule has 1 aliphatic rings. The molecule has 0 saturated heterocycles. The maximum absolute atomic E-state index is 13.6. The maximum Gasteiger partial charge on any atom is 0.352 e. The van der Waals surface area contributed by atoms with Gasteiger partial charge in [-0.3, -0.25) is 9.59 Å². The van der Waals surface area contributed by atoms with E-state index in [9.17, 15) is 24.8 Å². The number of carbonyl (C=O) groups excluding carboxylic acids is 2. The van der Waals surface area contributed by atoms with Crippen molar-refractivity contribution in [1.82, 2.24) is 19.4 Å². The van der Waals surface area contributed by atoms with E-state index < -0.39 is 35.2 Å². The Kier molecular flexibility index (Phi) is 6.35. The number of rotatable bonds is 7. The predicted octanol–water partition coefficient (Wildman–Crippen LogP) is 1.77. The van der Waals surface area contributed by atoms with Gasteiger partial charge in [-0.1, -0.05) is 31.0 Å². The summed E-state index contributed by atoms with van der Waals surface area (Å²) in [6.45, 7) is 0. The molecule has 35 heavy (non-hydrogen) atoms. The van der Waals surface area contributed by atoms with Crippen molar-refractivity contribution < 1.29 is 19.5 Å². The Balaban J connectivity index is 1.80. The number of aromatic nitrogens is 3. The zero-order valence-electron chi connectivity index (χ0n) is 19.7. The number of primary amides is 1. The maximum atomic E-state index is 13.6. The number of hydrogen-bond acceptors (Lipinski definition) is 5. The minimum Gasteiger partial charge on any atom is -0.477 e. The van der Waals surface area contributed by atoms with Gasteiger partial charge in [0.25, 0.3) is 0 Å². The number of carboxylic acid groups (broad SMARTS) is 1. The van der Waals surface area contributed by atoms with Gasteiger partial charge in [-0.25, -0.2) is 9.78 Å². The molecule has 182 valence electrons. The highest BCUT2D eigenvalue weighted by Crippen LogP contribution is 2.48. The molecule has 1 aromatic carbocycles. The molecule has 1 aliphatic carbocycles. The van der Waals surface area contributed by atoms with Gasteiger partial charge in [0.2, 0.25) is 11.8 Å². The fraction of sp³-hybridized carbons (Fsp3) is 0.400. The molecule has 1 fully saturated rings. The average Bonchev–Trinajstić information content (AvgIpc) is 3.38. The third-order valence-electron chi connectivity index (χ3n) is 7.06. The summed E-state index contributed by atoms with van der Waals surface area (Å²) >= 11 is 0. The van der Waals surface area contributed by atoms with Gasteiger partial charge >= 0.3 is 5.97 Å². The zero-order valence-corrected chi connectivity index (χ0v) is 19.7. The van der Waals surface area contributed by atoms with E-state index in [-0.39, 0.29) is 24.1 Å². The molecule has 2 amide bonds. The van der Waals surface area contributed by atoms with Crippen molar-refractivity contribution >= 4 is 28.7 Å². The van der Waals surface area contributed by atoms with Gasteiger partial charge in [-0.05, 0) is 18.9 Å². The lowest BCUT2D eigenvalue weighted by Crippen LogP contribution is -2.56. The monoisotopic (exact) mass is 476 g/mol. The van der Waals surface area contributed by atoms with Crippen LogP contribution >= 0.6 is 0 Å². The highest BCUT2D eigenvalue weighted by molar-refractivity contribution is 6.06. The van der Waals surface area contributed by atoms with Crippen LogP contribution in [0.3, 0.4) is 0 Å². The molecular weight excluding hydrogens is 448 g/mol. The topological polar surface area (TPSA) is 156 Å². The Hall–Kier alpha value is -4.13. The lowest BCUT2D eigenvalue weighted by atomic mass is 9.60. The average molecular weight is 477 g/mol. The molecule has 2 heterocycles. The molecule has 0 spiro atoms. The summed E-state index contributed by atoms with van der Waals surface area (Å²) in [4.78, 5) is 43.5. The lowest BCUT2D eigenvalue weighted by Gasteiger charge is -2.41. The highest BCUT2D eigenvalue weighted by Gasteiger charge is 2.54. The number of amides is 2. The summed E-state index contributed by atoms with van der Waals surface area (Å²) in [7, 11) is 3.43. The number of nitrogens with two attached hydrogens (primary N) is 1. The molecule has 0 unspecified atom stereocenters. The van der Waals surface area contributed by atoms with Gasteiger partial charge in [-0.15, -0.1) is 0 Å². The fourth-order valence-electron chi connectivity index (χ4n) is 5.52. The van der Waals surface area contributed by atoms with Gasteiger partial charge in [0.1, 0.15) is 11.7 Å². The Bertz CT molecular complexity index is 1350. The predicted molar refractivity (Wildman–Crippen MR) is 127 cm³/mol. The van der Waals surface area contributed by atoms with E-state index in [2.05, 4.69) is 16.4 Å². The number of benzene rings is 1. The highest BCUT2D eigenvalue weighted by atomic mass is 16.4. The van der Waals surface area contributed by atoms with Crippen LogP contribution in [0.2, 0.25) is 0 Å². The standard InChI is InChI=1S/C25H28N6O4/c1-30-13-16(28-14-30)11-15(12-26)29-22(32)18-8-5-6-10-25(18,24(27)35)20-17-7-3-4-9-19(17)31(2)21(20)23(33)34/h3-4,7,9,13-15,18H,5-6,8,10-11H2,1-2H3,(H2,27,35)(H,29,32)(H,33,34)/t15-,18-,25-/m0/s1. The van der Waals surface area contributed by atoms with Crippen LogP contribution in [0.5, 0.6) is 0 Å². The molecule has 2 aromatic heterocycles. The summed E-state index contributed by atoms with van der Waals surface area (Å²) in [5.74, 6) is -3.35. The number of nitrogens with one attached hydrogen (secondary N) is 1. The second-order valence-corrected chi connectivity index (χ2v) is 9.16. The number of aromatic carboxylic acids is 1. The fourth-order valence-corrected chi connectivity index (χ4v) is 5.52. The zero-order chi connectivity index (χ0) is 25.3. The molecule has 0 radical (unpaired) electrons. The first-order chi connectivity index (χ1) is 16.7. The molecule has 1 saturated carbocycles. The van der Waals surface area contributed by atoms with Crippen LogP contribution in [0.15, 0.2) is 36.8 Å². The molecule has 10 nitrogen and oxygen atoms in total. The van der Waals surface area contributed by atoms with Crippen molar-refractivity contribution in [3.63, 3.8) is 0 Å². The Morgan fingerprint density at radius 1 is 1.31 bits per heavy atom. The van der Waals surface area contributed by atoms with Crippen LogP contribution in [-0.2, 0) is 35.5 Å². The smallest absolute Gasteiger partial charge is 0.352 e. The number of para-hydroxylation sites is 1. The number of fused-ring (bicyclic) bond motifs is 1. The first-order valence-corrected chi connectivity index (χ1v) is 11.5. The van der Waals surface area contributed by atoms with E-state index in [1.807, 2.05) is 7.05 Å². The second-order valence-electron chi connectivity index (χ2n) is 9.16. The summed E-state index contributed by atoms with van der Waals surface area (Å²) in [5, 5.41) is 23.2. The van der Waals surface area contributed by atoms with E-state index in [4.69, 9.17) is 5.73 Å². The number of aryl methyl sites for hydroxylation is 2. The number of carbonyl (C=O) groups is 3. The summed E-state index contributed by atoms with van der Waals surface area (Å²) in [6, 6.07) is 8.31. The molecule has 0 bridgehead atoms. The molecule has 4 N–H and O–H groups in total. The Labute approximate surface area is 202 Å². The van der Waals surface area contributed by atoms with E-state index in [0.29, 0.717) is 35.9 Å². The van der Waals surface area contributed by atoms with Crippen LogP contribution in [0.4, 0.5) is 0 Å². The van der Waals surface area contributed by atoms with Crippen molar-refractivity contribution in [3.05, 3.63) is 53.7 Å². The van der Waals surface area contributed by atoms with Crippen molar-refractivity contribution in [2.45, 2.75) is 43.6 Å². The van der Waals surface area contributed by atoms with Crippen molar-refractivity contribution in [3.8, 4) is 6.07 Å². The second kappa shape index (κ2) is 9.25. The van der Waals surface area contributed by atoms with E-state index in [1.165, 1.54) is 4.57 Å². The summed E-state index contributed by atoms with van der Waals surface area (Å²) in [6.07, 6.45) is 5.46. The Morgan fingerprint density at radius 2 is 2.06 bits per heavy atom. The normalized spacial score (nSPS) is 20.8. The van der Waals surface area contributed by atoms with E-state index in [0.717, 1.165) is 0 Å². The van der Waals surface area contributed by atoms with Crippen LogP contribution in [0.1, 0.15) is 47.4 Å². The first kappa shape index (κ1) is 24.0. The van der Waals surface area contributed by atoms with Crippen LogP contribution in [0, 0.1) is 17.2 Å². The van der Waals surface area contributed by atoms with Gasteiger partial charge in [0.05, 0.1) is 29.4 Å². The quantitative estimate of drug-likeness (QED) is 0.472. The number of nitriles is 1. The molecular formula is C25H28N6O4. The lowest BCUT2D eigenvalue weighted by molar-refractivity contribution is -0.137. The number of imidazole rings is 1. The van der Waals surface area contributed by atoms with Gasteiger partial charge in [0, 0.05) is 43.2 Å². The largest absolute Gasteiger partial charge is 0.477 e. The molecule has 4 rings (SSSR count). The van der Waals surface area contributed by atoms with Crippen LogP contribution < -0.4 is 11.1 Å². The van der Waals surface area contributed by atoms with Gasteiger partial charge in [-0.2, -0.15) is 5.26 Å². The Morgan fingerprint density at radius 3 is 2.69 bits per heavy atom. The molecule has 10 heteroatoms. The van der Waals surface area contributed by atoms with Crippen molar-refractivity contribution in [1.29, 1.82) is 5.26 Å². The molecule has 3 atom stereocenters. The van der Waals surface area contributed by atoms with E-state index >= 15 is 0 Å². The summed E-state index contributed by atoms with van der Waals surface area (Å²) in [5.41, 5.74) is 5.99. The SMILES string of the molecule is Cn1cnc(C[C@@H](C#N)NC(=O)[C@@H]2CCCC[C@@]2(C(N)=O)c2c(C(=O)O)n(C)c3ccccc23)c1.